The van der Waals surface area contributed by atoms with Crippen molar-refractivity contribution in [2.24, 2.45) is 23.3 Å². The van der Waals surface area contributed by atoms with Crippen molar-refractivity contribution in [3.63, 3.8) is 0 Å². The minimum absolute atomic E-state index is 0.00822. The van der Waals surface area contributed by atoms with E-state index in [1.165, 1.54) is 12.1 Å². The first-order chi connectivity index (χ1) is 42.9. The number of nitrogens with zero attached hydrogens (tertiary/aromatic N) is 1. The molecule has 0 unspecified atom stereocenters. The molecule has 0 spiro atoms. The third kappa shape index (κ3) is 46.3. The number of carboxylic acid groups (broad SMARTS) is 1. The Kier molecular flexibility index (Phi) is 46.5. The van der Waals surface area contributed by atoms with E-state index >= 15 is 0 Å². The van der Waals surface area contributed by atoms with E-state index in [9.17, 15) is 57.0 Å². The van der Waals surface area contributed by atoms with Gasteiger partial charge in [-0.3, -0.25) is 48.4 Å². The van der Waals surface area contributed by atoms with Gasteiger partial charge in [0.25, 0.3) is 10.1 Å². The average Bonchev–Trinajstić information content (AvgIpc) is 1.51. The normalized spacial score (nSPS) is 12.9. The predicted octanol–water partition coefficient (Wildman–Crippen LogP) is 5.66. The SMILES string of the molecule is C=C(CCCCCCCCCCCCCS(=O)(=O)O)N[C@@H](CCC(=O)NCCOCCOCC(=O)CCCOCCOCC(=O)NCCCC[C@H](NCC(=O)CC(C)C)C(=O)CN(C)[C@@H](CCCCC(=N)N)C(=O)C[C@@H](Cc1ccc(O)cc1)C(N)=O)C(=O)O. The van der Waals surface area contributed by atoms with Crippen LogP contribution in [0, 0.1) is 17.2 Å². The highest BCUT2D eigenvalue weighted by Gasteiger charge is 2.31. The maximum absolute atomic E-state index is 14.0. The topological polar surface area (TPSA) is 396 Å². The molecule has 1 aromatic rings. The van der Waals surface area contributed by atoms with Crippen molar-refractivity contribution < 1.29 is 80.5 Å². The number of aliphatic carboxylic acids is 1. The molecule has 0 aliphatic carbocycles. The molecule has 0 heterocycles. The van der Waals surface area contributed by atoms with Crippen molar-refractivity contribution in [3.05, 3.63) is 42.1 Å². The fourth-order valence-electron chi connectivity index (χ4n) is 9.86. The molecule has 0 saturated carbocycles. The van der Waals surface area contributed by atoms with Crippen LogP contribution in [0.2, 0.25) is 0 Å². The number of phenolic OH excluding ortho intramolecular Hbond substituents is 1. The molecule has 514 valence electrons. The molecule has 0 bridgehead atoms. The number of nitrogens with two attached hydrogens (primary N) is 2. The van der Waals surface area contributed by atoms with E-state index in [1.54, 1.807) is 24.1 Å². The fourth-order valence-corrected chi connectivity index (χ4v) is 10.4. The molecule has 90 heavy (non-hydrogen) atoms. The number of carbonyl (C=O) groups is 8. The number of phenols is 1. The summed E-state index contributed by atoms with van der Waals surface area (Å²) in [5.41, 5.74) is 12.7. The number of ether oxygens (including phenoxy) is 4. The van der Waals surface area contributed by atoms with Gasteiger partial charge in [0.2, 0.25) is 17.7 Å². The lowest BCUT2D eigenvalue weighted by atomic mass is 9.89. The summed E-state index contributed by atoms with van der Waals surface area (Å²) in [6, 6.07) is 3.89. The molecule has 12 N–H and O–H groups in total. The summed E-state index contributed by atoms with van der Waals surface area (Å²) in [6.45, 7) is 9.25. The maximum Gasteiger partial charge on any atom is 0.326 e. The van der Waals surface area contributed by atoms with Crippen LogP contribution < -0.4 is 32.7 Å². The molecule has 26 heteroatoms. The van der Waals surface area contributed by atoms with Gasteiger partial charge >= 0.3 is 5.97 Å². The van der Waals surface area contributed by atoms with E-state index in [0.29, 0.717) is 89.5 Å². The number of benzene rings is 1. The summed E-state index contributed by atoms with van der Waals surface area (Å²) >= 11 is 0. The number of rotatable bonds is 62. The Morgan fingerprint density at radius 1 is 0.622 bits per heavy atom. The number of primary amides is 1. The van der Waals surface area contributed by atoms with Crippen LogP contribution in [0.25, 0.3) is 0 Å². The van der Waals surface area contributed by atoms with Crippen LogP contribution in [-0.2, 0) is 73.8 Å². The quantitative estimate of drug-likeness (QED) is 0.0163. The smallest absolute Gasteiger partial charge is 0.326 e. The highest BCUT2D eigenvalue weighted by atomic mass is 32.2. The van der Waals surface area contributed by atoms with E-state index in [2.05, 4.69) is 27.8 Å². The van der Waals surface area contributed by atoms with E-state index in [-0.39, 0.29) is 156 Å². The number of carbonyl (C=O) groups excluding carboxylic acids is 7. The number of amidine groups is 1. The van der Waals surface area contributed by atoms with E-state index in [4.69, 9.17) is 40.4 Å². The van der Waals surface area contributed by atoms with Gasteiger partial charge in [-0.25, -0.2) is 4.79 Å². The van der Waals surface area contributed by atoms with Crippen molar-refractivity contribution in [2.45, 2.75) is 199 Å². The van der Waals surface area contributed by atoms with Crippen LogP contribution in [0.4, 0.5) is 0 Å². The zero-order chi connectivity index (χ0) is 67.0. The standard InChI is InChI=1S/C64H110N8O17S/c1-48(2)41-54(75)44-70-55(59(77)45-72(4)57(24-15-16-25-60(65)66)58(76)43-51(63(67)80)42-50-26-28-52(73)29-27-50)23-17-18-32-68-62(79)47-89-39-36-86-34-20-22-53(74)46-88-38-37-87-35-33-69-61(78)31-30-56(64(81)82)71-49(3)21-14-12-10-8-6-5-7-9-11-13-19-40-90(83,84)85/h26-29,48,51,55-57,70-71,73H,3,5-25,30-47H2,1-2,4H3,(H3,65,66)(H2,67,80)(H,68,79)(H,69,78)(H,81,82)(H,83,84,85)/t51-,55+,56+,57+/m1/s1. The number of carboxylic acids is 1. The van der Waals surface area contributed by atoms with Gasteiger partial charge in [0.05, 0.1) is 69.8 Å². The molecular formula is C64H110N8O17S. The number of ketones is 4. The number of nitrogens with one attached hydrogen (secondary N) is 5. The van der Waals surface area contributed by atoms with Crippen molar-refractivity contribution in [1.29, 1.82) is 5.41 Å². The number of allylic oxidation sites excluding steroid dienone is 1. The summed E-state index contributed by atoms with van der Waals surface area (Å²) in [7, 11) is -2.20. The van der Waals surface area contributed by atoms with E-state index in [1.807, 2.05) is 13.8 Å². The van der Waals surface area contributed by atoms with Crippen LogP contribution in [-0.4, -0.2) is 191 Å². The zero-order valence-electron chi connectivity index (χ0n) is 54.0. The largest absolute Gasteiger partial charge is 0.508 e. The number of hydrogen-bond acceptors (Lipinski definition) is 19. The van der Waals surface area contributed by atoms with Crippen molar-refractivity contribution >= 4 is 62.8 Å². The minimum atomic E-state index is -3.87. The maximum atomic E-state index is 14.0. The molecular weight excluding hydrogens is 1180 g/mol. The molecule has 25 nitrogen and oxygen atoms in total. The Bertz CT molecular complexity index is 2380. The molecule has 0 fully saturated rings. The Hall–Kier alpha value is -5.74. The van der Waals surface area contributed by atoms with Gasteiger partial charge in [0.1, 0.15) is 30.8 Å². The number of unbranched alkanes of at least 4 members (excludes halogenated alkanes) is 12. The average molecular weight is 1300 g/mol. The van der Waals surface area contributed by atoms with Crippen molar-refractivity contribution in [1.82, 2.24) is 26.2 Å². The number of Topliss-reactive ketones (excluding diaryl/α,β-unsaturated/α-hetero) is 4. The van der Waals surface area contributed by atoms with Gasteiger partial charge in [-0.05, 0) is 101 Å². The molecule has 0 saturated heterocycles. The highest BCUT2D eigenvalue weighted by Crippen LogP contribution is 2.21. The van der Waals surface area contributed by atoms with Crippen molar-refractivity contribution in [2.75, 3.05) is 91.8 Å². The second kappa shape index (κ2) is 50.8. The lowest BCUT2D eigenvalue weighted by Crippen LogP contribution is -2.48. The second-order valence-corrected chi connectivity index (χ2v) is 25.2. The van der Waals surface area contributed by atoms with Gasteiger partial charge < -0.3 is 61.9 Å². The summed E-state index contributed by atoms with van der Waals surface area (Å²) in [6.07, 6.45) is 15.8. The van der Waals surface area contributed by atoms with Crippen LogP contribution >= 0.6 is 0 Å². The number of hydrogen-bond donors (Lipinski definition) is 10. The van der Waals surface area contributed by atoms with Crippen LogP contribution in [0.1, 0.15) is 180 Å². The van der Waals surface area contributed by atoms with Gasteiger partial charge in [0, 0.05) is 63.4 Å². The van der Waals surface area contributed by atoms with E-state index < -0.39 is 46.0 Å². The third-order valence-electron chi connectivity index (χ3n) is 14.8. The first-order valence-corrected chi connectivity index (χ1v) is 33.9. The molecule has 0 aromatic heterocycles. The highest BCUT2D eigenvalue weighted by molar-refractivity contribution is 7.85. The van der Waals surface area contributed by atoms with E-state index in [0.717, 1.165) is 69.8 Å². The summed E-state index contributed by atoms with van der Waals surface area (Å²) in [5.74, 6) is -3.76. The Morgan fingerprint density at radius 3 is 1.81 bits per heavy atom. The van der Waals surface area contributed by atoms with Gasteiger partial charge in [-0.2, -0.15) is 8.42 Å². The number of amides is 3. The fraction of sp³-hybridized carbons (Fsp3) is 0.734. The predicted molar refractivity (Wildman–Crippen MR) is 344 cm³/mol. The second-order valence-electron chi connectivity index (χ2n) is 23.6. The molecule has 1 aromatic carbocycles. The van der Waals surface area contributed by atoms with Gasteiger partial charge in [-0.15, -0.1) is 0 Å². The number of aromatic hydroxyl groups is 1. The molecule has 0 radical (unpaired) electrons. The Balaban J connectivity index is 2.29. The van der Waals surface area contributed by atoms with Gasteiger partial charge in [0.15, 0.2) is 17.3 Å². The first kappa shape index (κ1) is 82.3. The zero-order valence-corrected chi connectivity index (χ0v) is 54.9. The molecule has 4 atom stereocenters. The molecule has 3 amide bonds. The lowest BCUT2D eigenvalue weighted by Gasteiger charge is -2.29. The van der Waals surface area contributed by atoms with Crippen molar-refractivity contribution in [3.8, 4) is 5.75 Å². The van der Waals surface area contributed by atoms with Crippen LogP contribution in [0.5, 0.6) is 5.75 Å². The Labute approximate surface area is 534 Å². The monoisotopic (exact) mass is 1290 g/mol. The molecule has 0 aliphatic heterocycles. The van der Waals surface area contributed by atoms with Gasteiger partial charge in [-0.1, -0.05) is 96.8 Å². The lowest BCUT2D eigenvalue weighted by molar-refractivity contribution is -0.139. The third-order valence-corrected chi connectivity index (χ3v) is 15.6. The summed E-state index contributed by atoms with van der Waals surface area (Å²) in [4.78, 5) is 104. The van der Waals surface area contributed by atoms with Crippen LogP contribution in [0.3, 0.4) is 0 Å². The number of likely N-dealkylation sites (N-methyl/N-ethyl adjacent to an activating group) is 1. The Morgan fingerprint density at radius 2 is 1.20 bits per heavy atom. The molecule has 1 rings (SSSR count). The minimum Gasteiger partial charge on any atom is -0.508 e. The summed E-state index contributed by atoms with van der Waals surface area (Å²) < 4.78 is 52.1. The van der Waals surface area contributed by atoms with Crippen LogP contribution in [0.15, 0.2) is 36.5 Å². The summed E-state index contributed by atoms with van der Waals surface area (Å²) in [5, 5.41) is 38.6. The first-order valence-electron chi connectivity index (χ1n) is 32.3. The molecule has 0 aliphatic rings.